The van der Waals surface area contributed by atoms with Crippen LogP contribution in [0.25, 0.3) is 16.9 Å². The topological polar surface area (TPSA) is 70.4 Å². The number of nitrogens with zero attached hydrogens (tertiary/aromatic N) is 2. The van der Waals surface area contributed by atoms with E-state index in [2.05, 4.69) is 5.10 Å². The van der Waals surface area contributed by atoms with Crippen LogP contribution >= 0.6 is 0 Å². The van der Waals surface area contributed by atoms with Crippen LogP contribution in [-0.4, -0.2) is 35.2 Å². The fourth-order valence-electron chi connectivity index (χ4n) is 3.48. The molecule has 4 aromatic rings. The van der Waals surface area contributed by atoms with Crippen LogP contribution in [0.3, 0.4) is 0 Å². The molecule has 0 fully saturated rings. The Bertz CT molecular complexity index is 1230. The Morgan fingerprint density at radius 1 is 0.875 bits per heavy atom. The molecule has 0 radical (unpaired) electrons. The molecule has 4 rings (SSSR count). The first-order valence-electron chi connectivity index (χ1n) is 10.2. The van der Waals surface area contributed by atoms with Crippen molar-refractivity contribution in [3.8, 4) is 22.7 Å². The summed E-state index contributed by atoms with van der Waals surface area (Å²) < 4.78 is 12.1. The monoisotopic (exact) mass is 426 g/mol. The molecule has 6 nitrogen and oxygen atoms in total. The standard InChI is InChI=1S/C26H22N2O4/c1-3-32-26(30)23-22(25(29)19-12-8-5-9-13-19)24(18-10-6-4-7-11-18)28(27-23)20-14-16-21(31-2)17-15-20/h4-17H,3H2,1-2H3. The average Bonchev–Trinajstić information content (AvgIpc) is 3.25. The number of hydrogen-bond donors (Lipinski definition) is 0. The molecule has 3 aromatic carbocycles. The van der Waals surface area contributed by atoms with Crippen molar-refractivity contribution in [2.75, 3.05) is 13.7 Å². The van der Waals surface area contributed by atoms with Gasteiger partial charge in [-0.2, -0.15) is 5.10 Å². The normalized spacial score (nSPS) is 10.6. The van der Waals surface area contributed by atoms with E-state index in [0.717, 1.165) is 5.56 Å². The quantitative estimate of drug-likeness (QED) is 0.309. The molecule has 32 heavy (non-hydrogen) atoms. The summed E-state index contributed by atoms with van der Waals surface area (Å²) in [6.45, 7) is 1.89. The minimum Gasteiger partial charge on any atom is -0.497 e. The number of aromatic nitrogens is 2. The molecule has 0 saturated carbocycles. The second kappa shape index (κ2) is 9.31. The molecule has 0 aliphatic rings. The largest absolute Gasteiger partial charge is 0.497 e. The van der Waals surface area contributed by atoms with Crippen molar-refractivity contribution in [2.45, 2.75) is 6.92 Å². The number of carbonyl (C=O) groups is 2. The summed E-state index contributed by atoms with van der Waals surface area (Å²) in [6.07, 6.45) is 0. The molecule has 0 saturated heterocycles. The molecule has 0 unspecified atom stereocenters. The van der Waals surface area contributed by atoms with E-state index in [1.165, 1.54) is 0 Å². The van der Waals surface area contributed by atoms with E-state index >= 15 is 0 Å². The van der Waals surface area contributed by atoms with Crippen molar-refractivity contribution in [1.29, 1.82) is 0 Å². The van der Waals surface area contributed by atoms with Gasteiger partial charge in [-0.25, -0.2) is 9.48 Å². The molecular weight excluding hydrogens is 404 g/mol. The lowest BCUT2D eigenvalue weighted by Crippen LogP contribution is -2.12. The van der Waals surface area contributed by atoms with Crippen LogP contribution in [0.15, 0.2) is 84.9 Å². The Morgan fingerprint density at radius 2 is 1.50 bits per heavy atom. The van der Waals surface area contributed by atoms with Crippen LogP contribution in [0.2, 0.25) is 0 Å². The number of rotatable bonds is 7. The number of benzene rings is 3. The molecule has 160 valence electrons. The average molecular weight is 426 g/mol. The molecule has 0 bridgehead atoms. The number of carbonyl (C=O) groups excluding carboxylic acids is 2. The van der Waals surface area contributed by atoms with Gasteiger partial charge < -0.3 is 9.47 Å². The van der Waals surface area contributed by atoms with Gasteiger partial charge in [0.2, 0.25) is 0 Å². The third kappa shape index (κ3) is 4.03. The van der Waals surface area contributed by atoms with Crippen molar-refractivity contribution < 1.29 is 19.1 Å². The number of methoxy groups -OCH3 is 1. The van der Waals surface area contributed by atoms with Gasteiger partial charge >= 0.3 is 5.97 Å². The number of ketones is 1. The minimum absolute atomic E-state index is 0.0182. The molecule has 0 N–H and O–H groups in total. The first kappa shape index (κ1) is 21.1. The van der Waals surface area contributed by atoms with Gasteiger partial charge in [-0.3, -0.25) is 4.79 Å². The Hall–Kier alpha value is -4.19. The second-order valence-corrected chi connectivity index (χ2v) is 6.96. The highest BCUT2D eigenvalue weighted by Gasteiger charge is 2.30. The predicted molar refractivity (Wildman–Crippen MR) is 121 cm³/mol. The highest BCUT2D eigenvalue weighted by molar-refractivity contribution is 6.17. The summed E-state index contributed by atoms with van der Waals surface area (Å²) in [7, 11) is 1.59. The first-order chi connectivity index (χ1) is 15.6. The molecule has 6 heteroatoms. The van der Waals surface area contributed by atoms with Crippen molar-refractivity contribution in [2.24, 2.45) is 0 Å². The van der Waals surface area contributed by atoms with Gasteiger partial charge in [-0.05, 0) is 31.2 Å². The van der Waals surface area contributed by atoms with Crippen LogP contribution in [0.4, 0.5) is 0 Å². The smallest absolute Gasteiger partial charge is 0.359 e. The van der Waals surface area contributed by atoms with Gasteiger partial charge in [-0.15, -0.1) is 0 Å². The molecule has 0 aliphatic carbocycles. The second-order valence-electron chi connectivity index (χ2n) is 6.96. The van der Waals surface area contributed by atoms with Crippen LogP contribution in [-0.2, 0) is 4.74 Å². The van der Waals surface area contributed by atoms with Crippen molar-refractivity contribution in [3.63, 3.8) is 0 Å². The molecule has 0 aliphatic heterocycles. The summed E-state index contributed by atoms with van der Waals surface area (Å²) in [5, 5.41) is 4.56. The van der Waals surface area contributed by atoms with E-state index in [0.29, 0.717) is 22.7 Å². The predicted octanol–water partition coefficient (Wildman–Crippen LogP) is 4.96. The fraction of sp³-hybridized carbons (Fsp3) is 0.115. The lowest BCUT2D eigenvalue weighted by Gasteiger charge is -2.10. The Balaban J connectivity index is 2.01. The van der Waals surface area contributed by atoms with Gasteiger partial charge in [-0.1, -0.05) is 60.7 Å². The van der Waals surface area contributed by atoms with Crippen LogP contribution < -0.4 is 4.74 Å². The molecule has 0 atom stereocenters. The van der Waals surface area contributed by atoms with Crippen molar-refractivity contribution in [3.05, 3.63) is 102 Å². The summed E-state index contributed by atoms with van der Waals surface area (Å²) in [6, 6.07) is 25.5. The van der Waals surface area contributed by atoms with Crippen LogP contribution in [0.5, 0.6) is 5.75 Å². The lowest BCUT2D eigenvalue weighted by atomic mass is 9.97. The van der Waals surface area contributed by atoms with Gasteiger partial charge in [0.1, 0.15) is 5.75 Å². The molecule has 1 heterocycles. The maximum absolute atomic E-state index is 13.6. The summed E-state index contributed by atoms with van der Waals surface area (Å²) in [4.78, 5) is 26.5. The van der Waals surface area contributed by atoms with E-state index in [1.807, 2.05) is 48.5 Å². The SMILES string of the molecule is CCOC(=O)c1nn(-c2ccc(OC)cc2)c(-c2ccccc2)c1C(=O)c1ccccc1. The number of ether oxygens (including phenoxy) is 2. The maximum atomic E-state index is 13.6. The third-order valence-electron chi connectivity index (χ3n) is 4.98. The zero-order chi connectivity index (χ0) is 22.5. The Kier molecular flexibility index (Phi) is 6.12. The van der Waals surface area contributed by atoms with E-state index < -0.39 is 5.97 Å². The molecule has 0 amide bonds. The van der Waals surface area contributed by atoms with Crippen LogP contribution in [0, 0.1) is 0 Å². The summed E-state index contributed by atoms with van der Waals surface area (Å²) in [5.41, 5.74) is 2.61. The van der Waals surface area contributed by atoms with Crippen molar-refractivity contribution >= 4 is 11.8 Å². The van der Waals surface area contributed by atoms with Gasteiger partial charge in [0.05, 0.1) is 30.7 Å². The van der Waals surface area contributed by atoms with E-state index in [4.69, 9.17) is 9.47 Å². The highest BCUT2D eigenvalue weighted by atomic mass is 16.5. The Morgan fingerprint density at radius 3 is 2.09 bits per heavy atom. The van der Waals surface area contributed by atoms with Gasteiger partial charge in [0.15, 0.2) is 11.5 Å². The summed E-state index contributed by atoms with van der Waals surface area (Å²) >= 11 is 0. The zero-order valence-electron chi connectivity index (χ0n) is 17.8. The zero-order valence-corrected chi connectivity index (χ0v) is 17.8. The molecule has 0 spiro atoms. The first-order valence-corrected chi connectivity index (χ1v) is 10.2. The van der Waals surface area contributed by atoms with E-state index in [-0.39, 0.29) is 23.6 Å². The lowest BCUT2D eigenvalue weighted by molar-refractivity contribution is 0.0516. The van der Waals surface area contributed by atoms with Crippen LogP contribution in [0.1, 0.15) is 33.3 Å². The summed E-state index contributed by atoms with van der Waals surface area (Å²) in [5.74, 6) is -0.253. The number of esters is 1. The van der Waals surface area contributed by atoms with E-state index in [1.54, 1.807) is 55.1 Å². The Labute approximate surface area is 186 Å². The minimum atomic E-state index is -0.642. The maximum Gasteiger partial charge on any atom is 0.359 e. The highest BCUT2D eigenvalue weighted by Crippen LogP contribution is 2.32. The molecule has 1 aromatic heterocycles. The molecular formula is C26H22N2O4. The fourth-order valence-corrected chi connectivity index (χ4v) is 3.48. The van der Waals surface area contributed by atoms with E-state index in [9.17, 15) is 9.59 Å². The van der Waals surface area contributed by atoms with Crippen molar-refractivity contribution in [1.82, 2.24) is 9.78 Å². The van der Waals surface area contributed by atoms with Gasteiger partial charge in [0, 0.05) is 11.1 Å². The third-order valence-corrected chi connectivity index (χ3v) is 4.98. The van der Waals surface area contributed by atoms with Gasteiger partial charge in [0.25, 0.3) is 0 Å². The number of hydrogen-bond acceptors (Lipinski definition) is 5.